The van der Waals surface area contributed by atoms with Crippen LogP contribution in [0.15, 0.2) is 182 Å². The molecular weight excluding hydrogens is 532 g/mol. The Hall–Kier alpha value is -4.76. The fourth-order valence-electron chi connectivity index (χ4n) is 7.81. The van der Waals surface area contributed by atoms with E-state index in [4.69, 9.17) is 0 Å². The molecule has 2 aliphatic heterocycles. The summed E-state index contributed by atoms with van der Waals surface area (Å²) >= 11 is 0. The summed E-state index contributed by atoms with van der Waals surface area (Å²) in [6.45, 7) is 2.07. The lowest BCUT2D eigenvalue weighted by atomic mass is 9.76. The van der Waals surface area contributed by atoms with Crippen LogP contribution in [-0.4, -0.2) is 35.0 Å². The smallest absolute Gasteiger partial charge is 0.0976 e. The van der Waals surface area contributed by atoms with Crippen molar-refractivity contribution in [2.24, 2.45) is 0 Å². The molecule has 0 amide bonds. The van der Waals surface area contributed by atoms with Crippen molar-refractivity contribution in [2.75, 3.05) is 13.1 Å². The SMILES string of the molecule is c1ccc(C(c2ccccc2)(c2ccccc2)N2CC2C2CN2C(c2ccccc2)(c2ccccc2)c2ccccc2)cc1. The topological polar surface area (TPSA) is 6.02 Å². The summed E-state index contributed by atoms with van der Waals surface area (Å²) in [5.41, 5.74) is 7.12. The van der Waals surface area contributed by atoms with Gasteiger partial charge < -0.3 is 0 Å². The highest BCUT2D eigenvalue weighted by Crippen LogP contribution is 2.55. The summed E-state index contributed by atoms with van der Waals surface area (Å²) in [7, 11) is 0. The molecule has 2 nitrogen and oxygen atoms in total. The molecule has 2 fully saturated rings. The van der Waals surface area contributed by atoms with Crippen molar-refractivity contribution in [1.29, 1.82) is 0 Å². The molecule has 8 rings (SSSR count). The van der Waals surface area contributed by atoms with E-state index in [1.807, 2.05) is 0 Å². The normalized spacial score (nSPS) is 21.0. The average molecular weight is 569 g/mol. The minimum absolute atomic E-state index is 0.377. The molecule has 2 aliphatic rings. The number of nitrogens with zero attached hydrogens (tertiary/aromatic N) is 2. The first-order valence-corrected chi connectivity index (χ1v) is 15.7. The molecule has 0 radical (unpaired) electrons. The predicted octanol–water partition coefficient (Wildman–Crippen LogP) is 8.34. The molecule has 2 heteroatoms. The number of hydrogen-bond donors (Lipinski definition) is 0. The van der Waals surface area contributed by atoms with Gasteiger partial charge in [0.25, 0.3) is 0 Å². The van der Waals surface area contributed by atoms with E-state index >= 15 is 0 Å². The van der Waals surface area contributed by atoms with Crippen molar-refractivity contribution in [1.82, 2.24) is 9.80 Å². The van der Waals surface area contributed by atoms with Crippen LogP contribution >= 0.6 is 0 Å². The molecule has 0 spiro atoms. The van der Waals surface area contributed by atoms with Crippen molar-refractivity contribution in [3.05, 3.63) is 215 Å². The lowest BCUT2D eigenvalue weighted by Crippen LogP contribution is -2.42. The first kappa shape index (κ1) is 26.8. The zero-order valence-corrected chi connectivity index (χ0v) is 24.8. The van der Waals surface area contributed by atoms with E-state index in [9.17, 15) is 0 Å². The lowest BCUT2D eigenvalue weighted by Gasteiger charge is -2.40. The molecule has 4 unspecified atom stereocenters. The second-order valence-corrected chi connectivity index (χ2v) is 12.1. The Morgan fingerprint density at radius 1 is 0.295 bits per heavy atom. The highest BCUT2D eigenvalue weighted by molar-refractivity contribution is 5.54. The summed E-state index contributed by atoms with van der Waals surface area (Å²) in [4.78, 5) is 5.51. The summed E-state index contributed by atoms with van der Waals surface area (Å²) in [6.07, 6.45) is 0. The maximum absolute atomic E-state index is 2.75. The van der Waals surface area contributed by atoms with Gasteiger partial charge in [-0.05, 0) is 33.4 Å². The van der Waals surface area contributed by atoms with E-state index in [2.05, 4.69) is 192 Å². The van der Waals surface area contributed by atoms with E-state index in [-0.39, 0.29) is 11.1 Å². The molecule has 2 heterocycles. The van der Waals surface area contributed by atoms with Gasteiger partial charge in [0.05, 0.1) is 11.1 Å². The fourth-order valence-corrected chi connectivity index (χ4v) is 7.81. The maximum Gasteiger partial charge on any atom is 0.0976 e. The minimum atomic E-state index is -0.377. The molecule has 0 saturated carbocycles. The Labute approximate surface area is 260 Å². The second kappa shape index (κ2) is 11.1. The number of benzene rings is 6. The third-order valence-electron chi connectivity index (χ3n) is 9.76. The van der Waals surface area contributed by atoms with Crippen LogP contribution in [-0.2, 0) is 11.1 Å². The molecule has 0 bridgehead atoms. The second-order valence-electron chi connectivity index (χ2n) is 12.1. The Bertz CT molecular complexity index is 1470. The lowest BCUT2D eigenvalue weighted by molar-refractivity contribution is 0.276. The Morgan fingerprint density at radius 2 is 0.477 bits per heavy atom. The summed E-state index contributed by atoms with van der Waals surface area (Å²) in [5, 5.41) is 0. The van der Waals surface area contributed by atoms with Crippen molar-refractivity contribution in [2.45, 2.75) is 23.2 Å². The molecule has 0 aromatic heterocycles. The standard InChI is InChI=1S/C42H36N2/c1-7-19-33(20-8-1)41(34-21-9-2-10-22-34,35-23-11-3-12-24-35)43-31-39(43)40-32-44(40)42(36-25-13-4-14-26-36,37-27-15-5-16-28-37)38-29-17-6-18-30-38/h1-30,39-40H,31-32H2. The van der Waals surface area contributed by atoms with Crippen LogP contribution in [0.5, 0.6) is 0 Å². The quantitative estimate of drug-likeness (QED) is 0.128. The minimum Gasteiger partial charge on any atom is -0.279 e. The highest BCUT2D eigenvalue weighted by Gasteiger charge is 2.64. The van der Waals surface area contributed by atoms with Crippen LogP contribution in [0.1, 0.15) is 33.4 Å². The van der Waals surface area contributed by atoms with Gasteiger partial charge in [-0.25, -0.2) is 0 Å². The van der Waals surface area contributed by atoms with E-state index < -0.39 is 0 Å². The Balaban J connectivity index is 1.27. The molecule has 6 aromatic rings. The van der Waals surface area contributed by atoms with Gasteiger partial charge in [-0.2, -0.15) is 0 Å². The van der Waals surface area contributed by atoms with Gasteiger partial charge in [0, 0.05) is 25.2 Å². The van der Waals surface area contributed by atoms with Crippen LogP contribution in [0.3, 0.4) is 0 Å². The summed E-state index contributed by atoms with van der Waals surface area (Å²) in [5.74, 6) is 0. The zero-order chi connectivity index (χ0) is 29.4. The third-order valence-corrected chi connectivity index (χ3v) is 9.76. The van der Waals surface area contributed by atoms with Gasteiger partial charge in [0.2, 0.25) is 0 Å². The van der Waals surface area contributed by atoms with Gasteiger partial charge in [-0.3, -0.25) is 9.80 Å². The van der Waals surface area contributed by atoms with Gasteiger partial charge in [0.15, 0.2) is 0 Å². The van der Waals surface area contributed by atoms with Crippen LogP contribution in [0.25, 0.3) is 0 Å². The summed E-state index contributed by atoms with van der Waals surface area (Å²) < 4.78 is 0. The molecule has 0 aliphatic carbocycles. The zero-order valence-electron chi connectivity index (χ0n) is 24.8. The predicted molar refractivity (Wildman–Crippen MR) is 179 cm³/mol. The number of hydrogen-bond acceptors (Lipinski definition) is 2. The molecule has 6 aromatic carbocycles. The van der Waals surface area contributed by atoms with Crippen LogP contribution in [0.4, 0.5) is 0 Å². The molecule has 214 valence electrons. The first-order valence-electron chi connectivity index (χ1n) is 15.7. The monoisotopic (exact) mass is 568 g/mol. The van der Waals surface area contributed by atoms with Gasteiger partial charge in [-0.1, -0.05) is 182 Å². The Morgan fingerprint density at radius 3 is 0.659 bits per heavy atom. The van der Waals surface area contributed by atoms with E-state index in [1.54, 1.807) is 0 Å². The van der Waals surface area contributed by atoms with Crippen molar-refractivity contribution in [3.8, 4) is 0 Å². The van der Waals surface area contributed by atoms with Crippen molar-refractivity contribution in [3.63, 3.8) is 0 Å². The molecule has 2 saturated heterocycles. The Kier molecular flexibility index (Phi) is 6.75. The molecule has 4 atom stereocenters. The van der Waals surface area contributed by atoms with E-state index in [0.717, 1.165) is 13.1 Å². The van der Waals surface area contributed by atoms with Crippen molar-refractivity contribution >= 4 is 0 Å². The largest absolute Gasteiger partial charge is 0.279 e. The van der Waals surface area contributed by atoms with Crippen LogP contribution in [0.2, 0.25) is 0 Å². The van der Waals surface area contributed by atoms with Crippen molar-refractivity contribution < 1.29 is 0 Å². The van der Waals surface area contributed by atoms with E-state index in [1.165, 1.54) is 33.4 Å². The molecular formula is C42H36N2. The average Bonchev–Trinajstić information content (AvgIpc) is 4.05. The molecule has 0 N–H and O–H groups in total. The van der Waals surface area contributed by atoms with Gasteiger partial charge in [-0.15, -0.1) is 0 Å². The van der Waals surface area contributed by atoms with Gasteiger partial charge >= 0.3 is 0 Å². The maximum atomic E-state index is 2.75. The first-order chi connectivity index (χ1) is 21.8. The molecule has 44 heavy (non-hydrogen) atoms. The highest BCUT2D eigenvalue weighted by atomic mass is 15.5. The number of rotatable bonds is 9. The fraction of sp³-hybridized carbons (Fsp3) is 0.143. The van der Waals surface area contributed by atoms with Crippen LogP contribution < -0.4 is 0 Å². The summed E-state index contributed by atoms with van der Waals surface area (Å²) in [6, 6.07) is 67.5. The van der Waals surface area contributed by atoms with E-state index in [0.29, 0.717) is 12.1 Å². The van der Waals surface area contributed by atoms with Crippen LogP contribution in [0, 0.1) is 0 Å². The third kappa shape index (κ3) is 4.25. The van der Waals surface area contributed by atoms with Gasteiger partial charge in [0.1, 0.15) is 0 Å².